The maximum absolute atomic E-state index is 12.9. The van der Waals surface area contributed by atoms with Gasteiger partial charge < -0.3 is 10.1 Å². The van der Waals surface area contributed by atoms with Crippen LogP contribution in [0.15, 0.2) is 53.4 Å². The number of carbonyl (C=O) groups is 1. The summed E-state index contributed by atoms with van der Waals surface area (Å²) in [5.41, 5.74) is 2.26. The summed E-state index contributed by atoms with van der Waals surface area (Å²) in [4.78, 5) is 11.8. The molecule has 0 saturated heterocycles. The molecule has 0 spiro atoms. The van der Waals surface area contributed by atoms with Gasteiger partial charge in [-0.05, 0) is 56.0 Å². The smallest absolute Gasteiger partial charge is 0.308 e. The Labute approximate surface area is 178 Å². The van der Waals surface area contributed by atoms with Crippen LogP contribution in [0.25, 0.3) is 0 Å². The summed E-state index contributed by atoms with van der Waals surface area (Å²) in [5.74, 6) is 5.81. The molecule has 2 N–H and O–H groups in total. The third-order valence-corrected chi connectivity index (χ3v) is 6.79. The normalized spacial score (nSPS) is 18.7. The molecule has 0 amide bonds. The Morgan fingerprint density at radius 3 is 2.37 bits per heavy atom. The van der Waals surface area contributed by atoms with Crippen LogP contribution in [0, 0.1) is 17.8 Å². The highest BCUT2D eigenvalue weighted by Gasteiger charge is 2.29. The number of carbonyl (C=O) groups excluding carboxylic acids is 1. The van der Waals surface area contributed by atoms with Crippen molar-refractivity contribution in [2.24, 2.45) is 5.92 Å². The molecule has 2 aromatic carbocycles. The summed E-state index contributed by atoms with van der Waals surface area (Å²) >= 11 is 0. The van der Waals surface area contributed by atoms with E-state index in [0.717, 1.165) is 11.1 Å². The topological polar surface area (TPSA) is 84.5 Å². The van der Waals surface area contributed by atoms with Gasteiger partial charge in [-0.2, -0.15) is 0 Å². The molecule has 0 heterocycles. The van der Waals surface area contributed by atoms with E-state index in [1.54, 1.807) is 25.2 Å². The quantitative estimate of drug-likeness (QED) is 0.567. The average Bonchev–Trinajstić information content (AvgIpc) is 2.78. The van der Waals surface area contributed by atoms with Crippen LogP contribution in [0.2, 0.25) is 0 Å². The van der Waals surface area contributed by atoms with E-state index in [1.165, 1.54) is 7.11 Å². The number of ether oxygens (including phenoxy) is 1. The first kappa shape index (κ1) is 21.9. The van der Waals surface area contributed by atoms with E-state index in [9.17, 15) is 13.2 Å². The van der Waals surface area contributed by atoms with E-state index < -0.39 is 10.0 Å². The van der Waals surface area contributed by atoms with E-state index in [4.69, 9.17) is 4.74 Å². The summed E-state index contributed by atoms with van der Waals surface area (Å²) in [6, 6.07) is 14.3. The predicted molar refractivity (Wildman–Crippen MR) is 116 cm³/mol. The van der Waals surface area contributed by atoms with Crippen molar-refractivity contribution in [2.75, 3.05) is 19.5 Å². The zero-order valence-corrected chi connectivity index (χ0v) is 18.0. The number of nitrogens with one attached hydrogen (secondary N) is 2. The predicted octanol–water partition coefficient (Wildman–Crippen LogP) is 3.14. The molecule has 158 valence electrons. The lowest BCUT2D eigenvalue weighted by Crippen LogP contribution is -2.38. The summed E-state index contributed by atoms with van der Waals surface area (Å²) in [5, 5.41) is 3.03. The highest BCUT2D eigenvalue weighted by molar-refractivity contribution is 7.89. The lowest BCUT2D eigenvalue weighted by atomic mass is 9.86. The van der Waals surface area contributed by atoms with Crippen molar-refractivity contribution >= 4 is 21.7 Å². The molecule has 30 heavy (non-hydrogen) atoms. The molecule has 0 atom stereocenters. The van der Waals surface area contributed by atoms with Gasteiger partial charge >= 0.3 is 5.97 Å². The maximum Gasteiger partial charge on any atom is 0.308 e. The second-order valence-electron chi connectivity index (χ2n) is 7.27. The molecule has 3 rings (SSSR count). The first-order chi connectivity index (χ1) is 14.4. The third-order valence-electron chi connectivity index (χ3n) is 5.27. The highest BCUT2D eigenvalue weighted by atomic mass is 32.2. The average molecular weight is 427 g/mol. The standard InChI is InChI=1S/C23H26N2O4S/c1-24-22-16-21(15-12-18(22)9-8-17-6-4-3-5-7-17)30(27,28)25-20-13-10-19(11-14-20)23(26)29-2/h3-7,12,15-16,19-20,24-25H,10-11,13-14H2,1-2H3. The van der Waals surface area contributed by atoms with Crippen LogP contribution in [-0.2, 0) is 19.6 Å². The Bertz CT molecular complexity index is 1050. The minimum atomic E-state index is -3.67. The van der Waals surface area contributed by atoms with Crippen LogP contribution in [0.5, 0.6) is 0 Å². The SMILES string of the molecule is CNc1cc(S(=O)(=O)NC2CCC(C(=O)OC)CC2)ccc1C#Cc1ccccc1. The maximum atomic E-state index is 12.9. The fourth-order valence-electron chi connectivity index (χ4n) is 3.57. The Hall–Kier alpha value is -2.82. The van der Waals surface area contributed by atoms with Gasteiger partial charge in [0.05, 0.1) is 23.6 Å². The van der Waals surface area contributed by atoms with E-state index in [1.807, 2.05) is 30.3 Å². The summed E-state index contributed by atoms with van der Waals surface area (Å²) in [6.45, 7) is 0. The lowest BCUT2D eigenvalue weighted by Gasteiger charge is -2.27. The van der Waals surface area contributed by atoms with Gasteiger partial charge in [-0.15, -0.1) is 0 Å². The first-order valence-corrected chi connectivity index (χ1v) is 11.4. The molecule has 6 nitrogen and oxygen atoms in total. The number of anilines is 1. The number of sulfonamides is 1. The van der Waals surface area contributed by atoms with Gasteiger partial charge in [-0.3, -0.25) is 4.79 Å². The van der Waals surface area contributed by atoms with Gasteiger partial charge in [0, 0.05) is 24.2 Å². The fourth-order valence-corrected chi connectivity index (χ4v) is 4.90. The number of esters is 1. The summed E-state index contributed by atoms with van der Waals surface area (Å²) in [6.07, 6.45) is 2.46. The van der Waals surface area contributed by atoms with Crippen LogP contribution in [0.4, 0.5) is 5.69 Å². The van der Waals surface area contributed by atoms with Crippen LogP contribution >= 0.6 is 0 Å². The molecule has 1 aliphatic rings. The van der Waals surface area contributed by atoms with E-state index in [0.29, 0.717) is 31.4 Å². The van der Waals surface area contributed by atoms with Crippen molar-refractivity contribution in [1.82, 2.24) is 4.72 Å². The second kappa shape index (κ2) is 9.79. The zero-order chi connectivity index (χ0) is 21.6. The molecular weight excluding hydrogens is 400 g/mol. The highest BCUT2D eigenvalue weighted by Crippen LogP contribution is 2.27. The summed E-state index contributed by atoms with van der Waals surface area (Å²) in [7, 11) is -0.558. The van der Waals surface area contributed by atoms with Crippen molar-refractivity contribution in [3.05, 3.63) is 59.7 Å². The van der Waals surface area contributed by atoms with Crippen LogP contribution in [0.1, 0.15) is 36.8 Å². The second-order valence-corrected chi connectivity index (χ2v) is 8.98. The number of hydrogen-bond acceptors (Lipinski definition) is 5. The van der Waals surface area contributed by atoms with Crippen molar-refractivity contribution in [3.8, 4) is 11.8 Å². The van der Waals surface area contributed by atoms with E-state index in [2.05, 4.69) is 21.9 Å². The van der Waals surface area contributed by atoms with Gasteiger partial charge in [0.1, 0.15) is 0 Å². The lowest BCUT2D eigenvalue weighted by molar-refractivity contribution is -0.146. The number of hydrogen-bond donors (Lipinski definition) is 2. The molecule has 2 aromatic rings. The molecular formula is C23H26N2O4S. The Morgan fingerprint density at radius 1 is 1.03 bits per heavy atom. The molecule has 7 heteroatoms. The zero-order valence-electron chi connectivity index (χ0n) is 17.1. The molecule has 1 fully saturated rings. The fraction of sp³-hybridized carbons (Fsp3) is 0.348. The summed E-state index contributed by atoms with van der Waals surface area (Å²) < 4.78 is 33.3. The molecule has 1 aliphatic carbocycles. The van der Waals surface area contributed by atoms with Crippen LogP contribution in [0.3, 0.4) is 0 Å². The van der Waals surface area contributed by atoms with Crippen molar-refractivity contribution in [2.45, 2.75) is 36.6 Å². The molecule has 0 aliphatic heterocycles. The Balaban J connectivity index is 1.72. The van der Waals surface area contributed by atoms with E-state index in [-0.39, 0.29) is 22.8 Å². The number of methoxy groups -OCH3 is 1. The van der Waals surface area contributed by atoms with Crippen molar-refractivity contribution < 1.29 is 17.9 Å². The minimum absolute atomic E-state index is 0.144. The van der Waals surface area contributed by atoms with Crippen molar-refractivity contribution in [1.29, 1.82) is 0 Å². The Kier molecular flexibility index (Phi) is 7.14. The molecule has 0 radical (unpaired) electrons. The van der Waals surface area contributed by atoms with Crippen LogP contribution < -0.4 is 10.0 Å². The van der Waals surface area contributed by atoms with Crippen LogP contribution in [-0.4, -0.2) is 34.6 Å². The van der Waals surface area contributed by atoms with Crippen molar-refractivity contribution in [3.63, 3.8) is 0 Å². The van der Waals surface area contributed by atoms with Gasteiger partial charge in [0.25, 0.3) is 0 Å². The molecule has 0 bridgehead atoms. The molecule has 0 unspecified atom stereocenters. The minimum Gasteiger partial charge on any atom is -0.469 e. The third kappa shape index (κ3) is 5.41. The van der Waals surface area contributed by atoms with Gasteiger partial charge in [0.15, 0.2) is 0 Å². The monoisotopic (exact) mass is 426 g/mol. The van der Waals surface area contributed by atoms with E-state index >= 15 is 0 Å². The largest absolute Gasteiger partial charge is 0.469 e. The molecule has 1 saturated carbocycles. The number of benzene rings is 2. The first-order valence-electron chi connectivity index (χ1n) is 9.92. The van der Waals surface area contributed by atoms with Gasteiger partial charge in [-0.25, -0.2) is 13.1 Å². The Morgan fingerprint density at radius 2 is 1.73 bits per heavy atom. The number of rotatable bonds is 5. The van der Waals surface area contributed by atoms with Gasteiger partial charge in [-0.1, -0.05) is 30.0 Å². The van der Waals surface area contributed by atoms with Gasteiger partial charge in [0.2, 0.25) is 10.0 Å². The molecule has 0 aromatic heterocycles.